The lowest BCUT2D eigenvalue weighted by atomic mass is 10.1. The van der Waals surface area contributed by atoms with Crippen LogP contribution in [-0.2, 0) is 6.54 Å². The second-order valence-corrected chi connectivity index (χ2v) is 6.43. The molecule has 136 valence electrons. The predicted octanol–water partition coefficient (Wildman–Crippen LogP) is 4.97. The first-order chi connectivity index (χ1) is 13.1. The van der Waals surface area contributed by atoms with E-state index in [9.17, 15) is 8.78 Å². The zero-order valence-corrected chi connectivity index (χ0v) is 14.7. The molecule has 27 heavy (non-hydrogen) atoms. The van der Waals surface area contributed by atoms with Crippen molar-refractivity contribution in [2.45, 2.75) is 13.0 Å². The highest BCUT2D eigenvalue weighted by Gasteiger charge is 2.11. The quantitative estimate of drug-likeness (QED) is 0.527. The number of rotatable bonds is 5. The van der Waals surface area contributed by atoms with Crippen LogP contribution in [0.4, 0.5) is 8.78 Å². The zero-order chi connectivity index (χ0) is 18.8. The Morgan fingerprint density at radius 1 is 1.00 bits per heavy atom. The maximum atomic E-state index is 12.7. The summed E-state index contributed by atoms with van der Waals surface area (Å²) in [5.74, 6) is 0.419. The van der Waals surface area contributed by atoms with Crippen LogP contribution in [0, 0.1) is 0 Å². The first kappa shape index (κ1) is 17.4. The molecule has 0 spiro atoms. The summed E-state index contributed by atoms with van der Waals surface area (Å²) in [5.41, 5.74) is 3.26. The van der Waals surface area contributed by atoms with E-state index in [1.807, 2.05) is 54.7 Å². The van der Waals surface area contributed by atoms with Crippen LogP contribution in [0.5, 0.6) is 0 Å². The molecule has 0 unspecified atom stereocenters. The Bertz CT molecular complexity index is 1040. The fraction of sp³-hybridized carbons (Fsp3) is 0.105. The molecular formula is C19H14ClF2N5. The van der Waals surface area contributed by atoms with Crippen molar-refractivity contribution in [3.8, 4) is 22.6 Å². The van der Waals surface area contributed by atoms with Crippen LogP contribution in [0.25, 0.3) is 22.6 Å². The van der Waals surface area contributed by atoms with Crippen LogP contribution in [-0.4, -0.2) is 25.0 Å². The molecule has 4 aromatic rings. The molecule has 8 heteroatoms. The molecule has 5 nitrogen and oxygen atoms in total. The van der Waals surface area contributed by atoms with E-state index in [1.165, 1.54) is 0 Å². The van der Waals surface area contributed by atoms with E-state index in [4.69, 9.17) is 11.6 Å². The summed E-state index contributed by atoms with van der Waals surface area (Å²) in [4.78, 5) is 6.62. The van der Waals surface area contributed by atoms with Crippen molar-refractivity contribution in [3.05, 3.63) is 77.2 Å². The van der Waals surface area contributed by atoms with E-state index < -0.39 is 6.43 Å². The van der Waals surface area contributed by atoms with Gasteiger partial charge in [0.1, 0.15) is 17.2 Å². The monoisotopic (exact) mass is 385 g/mol. The van der Waals surface area contributed by atoms with Crippen LogP contribution < -0.4 is 0 Å². The zero-order valence-electron chi connectivity index (χ0n) is 14.0. The molecule has 0 aliphatic rings. The van der Waals surface area contributed by atoms with E-state index in [0.717, 1.165) is 28.6 Å². The highest BCUT2D eigenvalue weighted by molar-refractivity contribution is 6.30. The molecule has 4 rings (SSSR count). The van der Waals surface area contributed by atoms with E-state index in [2.05, 4.69) is 20.3 Å². The van der Waals surface area contributed by atoms with Gasteiger partial charge in [-0.15, -0.1) is 5.10 Å². The third-order valence-electron chi connectivity index (χ3n) is 4.08. The van der Waals surface area contributed by atoms with Crippen molar-refractivity contribution in [2.75, 3.05) is 0 Å². The minimum Gasteiger partial charge on any atom is -0.337 e. The molecule has 0 amide bonds. The maximum Gasteiger partial charge on any atom is 0.279 e. The Labute approximate surface area is 158 Å². The number of halogens is 3. The number of hydrogen-bond acceptors (Lipinski definition) is 3. The molecule has 0 atom stereocenters. The third kappa shape index (κ3) is 3.88. The van der Waals surface area contributed by atoms with E-state index >= 15 is 0 Å². The molecular weight excluding hydrogens is 372 g/mol. The standard InChI is InChI=1S/C19H14ClF2N5/c20-15-7-5-13(6-8-15)17-11-27(26-25-17)10-12-1-3-14(4-2-12)19-23-9-16(24-19)18(21)22/h1-9,11,18H,10H2,(H,23,24). The molecule has 0 aliphatic carbocycles. The topological polar surface area (TPSA) is 59.4 Å². The Balaban J connectivity index is 1.48. The minimum absolute atomic E-state index is 0.188. The van der Waals surface area contributed by atoms with Gasteiger partial charge in [0.15, 0.2) is 0 Å². The summed E-state index contributed by atoms with van der Waals surface area (Å²) in [7, 11) is 0. The summed E-state index contributed by atoms with van der Waals surface area (Å²) in [6.45, 7) is 0.543. The molecule has 0 saturated heterocycles. The molecule has 0 bridgehead atoms. The molecule has 0 radical (unpaired) electrons. The molecule has 0 saturated carbocycles. The van der Waals surface area contributed by atoms with Crippen molar-refractivity contribution in [1.82, 2.24) is 25.0 Å². The fourth-order valence-electron chi connectivity index (χ4n) is 2.68. The highest BCUT2D eigenvalue weighted by Crippen LogP contribution is 2.22. The molecule has 1 N–H and O–H groups in total. The van der Waals surface area contributed by atoms with E-state index in [0.29, 0.717) is 17.4 Å². The van der Waals surface area contributed by atoms with Crippen molar-refractivity contribution >= 4 is 11.6 Å². The van der Waals surface area contributed by atoms with Crippen LogP contribution >= 0.6 is 11.6 Å². The molecule has 0 aliphatic heterocycles. The number of imidazole rings is 1. The normalized spacial score (nSPS) is 11.3. The third-order valence-corrected chi connectivity index (χ3v) is 4.33. The SMILES string of the molecule is FC(F)c1cnc(-c2ccc(Cn3cc(-c4ccc(Cl)cc4)nn3)cc2)[nH]1. The Morgan fingerprint density at radius 2 is 1.70 bits per heavy atom. The van der Waals surface area contributed by atoms with Gasteiger partial charge in [-0.3, -0.25) is 0 Å². The number of aromatic nitrogens is 5. The average molecular weight is 386 g/mol. The molecule has 2 aromatic carbocycles. The minimum atomic E-state index is -2.56. The second kappa shape index (κ2) is 7.28. The van der Waals surface area contributed by atoms with E-state index in [-0.39, 0.29) is 5.69 Å². The number of nitrogens with zero attached hydrogens (tertiary/aromatic N) is 4. The van der Waals surface area contributed by atoms with Crippen LogP contribution in [0.15, 0.2) is 60.9 Å². The Morgan fingerprint density at radius 3 is 2.37 bits per heavy atom. The number of H-pyrrole nitrogens is 1. The highest BCUT2D eigenvalue weighted by atomic mass is 35.5. The number of nitrogens with one attached hydrogen (secondary N) is 1. The first-order valence-electron chi connectivity index (χ1n) is 8.17. The van der Waals surface area contributed by atoms with Crippen molar-refractivity contribution in [1.29, 1.82) is 0 Å². The summed E-state index contributed by atoms with van der Waals surface area (Å²) >= 11 is 5.90. The van der Waals surface area contributed by atoms with Crippen molar-refractivity contribution in [3.63, 3.8) is 0 Å². The van der Waals surface area contributed by atoms with Crippen LogP contribution in [0.1, 0.15) is 17.7 Å². The lowest BCUT2D eigenvalue weighted by Crippen LogP contribution is -2.00. The van der Waals surface area contributed by atoms with Crippen LogP contribution in [0.2, 0.25) is 5.02 Å². The van der Waals surface area contributed by atoms with Gasteiger partial charge in [0.25, 0.3) is 6.43 Å². The van der Waals surface area contributed by atoms with Gasteiger partial charge in [0.2, 0.25) is 0 Å². The molecule has 0 fully saturated rings. The van der Waals surface area contributed by atoms with Gasteiger partial charge in [-0.25, -0.2) is 18.4 Å². The van der Waals surface area contributed by atoms with Gasteiger partial charge in [0.05, 0.1) is 18.9 Å². The molecule has 2 aromatic heterocycles. The summed E-state index contributed by atoms with van der Waals surface area (Å²) in [6, 6.07) is 14.9. The van der Waals surface area contributed by atoms with Gasteiger partial charge in [0, 0.05) is 16.1 Å². The maximum absolute atomic E-state index is 12.7. The van der Waals surface area contributed by atoms with Crippen molar-refractivity contribution < 1.29 is 8.78 Å². The smallest absolute Gasteiger partial charge is 0.279 e. The number of alkyl halides is 2. The second-order valence-electron chi connectivity index (χ2n) is 5.99. The fourth-order valence-corrected chi connectivity index (χ4v) is 2.80. The number of aromatic amines is 1. The number of hydrogen-bond donors (Lipinski definition) is 1. The van der Waals surface area contributed by atoms with Gasteiger partial charge in [-0.2, -0.15) is 0 Å². The van der Waals surface area contributed by atoms with Gasteiger partial charge < -0.3 is 4.98 Å². The lowest BCUT2D eigenvalue weighted by Gasteiger charge is -2.03. The predicted molar refractivity (Wildman–Crippen MR) is 98.6 cm³/mol. The average Bonchev–Trinajstić information content (AvgIpc) is 3.33. The van der Waals surface area contributed by atoms with Crippen molar-refractivity contribution in [2.24, 2.45) is 0 Å². The first-order valence-corrected chi connectivity index (χ1v) is 8.55. The number of benzene rings is 2. The summed E-state index contributed by atoms with van der Waals surface area (Å²) in [6.07, 6.45) is 0.452. The summed E-state index contributed by atoms with van der Waals surface area (Å²) < 4.78 is 27.0. The van der Waals surface area contributed by atoms with E-state index in [1.54, 1.807) is 4.68 Å². The van der Waals surface area contributed by atoms with Gasteiger partial charge in [-0.05, 0) is 17.7 Å². The van der Waals surface area contributed by atoms with Crippen LogP contribution in [0.3, 0.4) is 0 Å². The molecule has 2 heterocycles. The van der Waals surface area contributed by atoms with Gasteiger partial charge >= 0.3 is 0 Å². The summed E-state index contributed by atoms with van der Waals surface area (Å²) in [5, 5.41) is 9.00. The Kier molecular flexibility index (Phi) is 4.68. The lowest BCUT2D eigenvalue weighted by molar-refractivity contribution is 0.146. The largest absolute Gasteiger partial charge is 0.337 e. The van der Waals surface area contributed by atoms with Gasteiger partial charge in [-0.1, -0.05) is 53.2 Å². The Hall–Kier alpha value is -3.06.